The van der Waals surface area contributed by atoms with E-state index in [2.05, 4.69) is 0 Å². The fraction of sp³-hybridized carbons (Fsp3) is 0.500. The number of aliphatic carboxylic acids is 1. The number of anilines is 1. The molecular formula is C18H21ClN2O4. The van der Waals surface area contributed by atoms with Gasteiger partial charge in [0.15, 0.2) is 0 Å². The number of carbonyl (C=O) groups excluding carboxylic acids is 2. The standard InChI is InChI=1S/C18H21ClN2O4/c1-11-14(18(24)25)6-3-8-20(11)16(22)15-7-9-21(17(15)23)13-5-2-4-12(19)10-13/h2,4-5,10-11,14-15H,3,6-9H2,1H3,(H,24,25)/t11-,14-,15?/m1/s1. The monoisotopic (exact) mass is 364 g/mol. The second kappa shape index (κ2) is 7.04. The van der Waals surface area contributed by atoms with Crippen LogP contribution in [0.3, 0.4) is 0 Å². The number of carboxylic acids is 1. The van der Waals surface area contributed by atoms with Gasteiger partial charge < -0.3 is 14.9 Å². The van der Waals surface area contributed by atoms with E-state index in [0.29, 0.717) is 43.1 Å². The molecule has 0 aliphatic carbocycles. The van der Waals surface area contributed by atoms with Gasteiger partial charge in [-0.3, -0.25) is 14.4 Å². The number of carbonyl (C=O) groups is 3. The molecule has 2 saturated heterocycles. The minimum Gasteiger partial charge on any atom is -0.481 e. The number of hydrogen-bond donors (Lipinski definition) is 1. The molecule has 25 heavy (non-hydrogen) atoms. The van der Waals surface area contributed by atoms with Gasteiger partial charge in [0.2, 0.25) is 11.8 Å². The molecular weight excluding hydrogens is 344 g/mol. The van der Waals surface area contributed by atoms with Gasteiger partial charge in [0.05, 0.1) is 5.92 Å². The highest BCUT2D eigenvalue weighted by atomic mass is 35.5. The van der Waals surface area contributed by atoms with Crippen molar-refractivity contribution in [2.75, 3.05) is 18.0 Å². The third kappa shape index (κ3) is 3.35. The summed E-state index contributed by atoms with van der Waals surface area (Å²) in [5.74, 6) is -2.69. The zero-order chi connectivity index (χ0) is 18.1. The van der Waals surface area contributed by atoms with Crippen LogP contribution >= 0.6 is 11.6 Å². The van der Waals surface area contributed by atoms with E-state index >= 15 is 0 Å². The Balaban J connectivity index is 1.75. The molecule has 7 heteroatoms. The van der Waals surface area contributed by atoms with Crippen LogP contribution < -0.4 is 4.90 Å². The summed E-state index contributed by atoms with van der Waals surface area (Å²) in [4.78, 5) is 40.2. The van der Waals surface area contributed by atoms with Crippen LogP contribution in [0.2, 0.25) is 5.02 Å². The summed E-state index contributed by atoms with van der Waals surface area (Å²) in [6.45, 7) is 2.72. The molecule has 2 amide bonds. The molecule has 134 valence electrons. The van der Waals surface area contributed by atoms with Gasteiger partial charge in [0.1, 0.15) is 5.92 Å². The summed E-state index contributed by atoms with van der Waals surface area (Å²) in [6.07, 6.45) is 1.64. The molecule has 1 N–H and O–H groups in total. The Morgan fingerprint density at radius 1 is 1.24 bits per heavy atom. The molecule has 1 aromatic rings. The average molecular weight is 365 g/mol. The summed E-state index contributed by atoms with van der Waals surface area (Å²) in [6, 6.07) is 6.60. The lowest BCUT2D eigenvalue weighted by Crippen LogP contribution is -2.52. The van der Waals surface area contributed by atoms with Gasteiger partial charge in [-0.05, 0) is 44.4 Å². The lowest BCUT2D eigenvalue weighted by Gasteiger charge is -2.38. The van der Waals surface area contributed by atoms with Crippen molar-refractivity contribution in [1.82, 2.24) is 4.90 Å². The molecule has 1 unspecified atom stereocenters. The summed E-state index contributed by atoms with van der Waals surface area (Å²) < 4.78 is 0. The first-order valence-corrected chi connectivity index (χ1v) is 8.88. The predicted molar refractivity (Wildman–Crippen MR) is 93.4 cm³/mol. The topological polar surface area (TPSA) is 77.9 Å². The normalized spacial score (nSPS) is 26.8. The Labute approximate surface area is 151 Å². The van der Waals surface area contributed by atoms with E-state index in [1.165, 1.54) is 0 Å². The summed E-state index contributed by atoms with van der Waals surface area (Å²) >= 11 is 5.99. The predicted octanol–water partition coefficient (Wildman–Crippen LogP) is 2.40. The van der Waals surface area contributed by atoms with Crippen LogP contribution in [0.4, 0.5) is 5.69 Å². The van der Waals surface area contributed by atoms with Crippen molar-refractivity contribution in [1.29, 1.82) is 0 Å². The molecule has 0 saturated carbocycles. The Morgan fingerprint density at radius 2 is 2.00 bits per heavy atom. The van der Waals surface area contributed by atoms with Crippen LogP contribution in [-0.2, 0) is 14.4 Å². The van der Waals surface area contributed by atoms with Gasteiger partial charge in [0.25, 0.3) is 0 Å². The van der Waals surface area contributed by atoms with Crippen molar-refractivity contribution < 1.29 is 19.5 Å². The highest BCUT2D eigenvalue weighted by Crippen LogP contribution is 2.31. The number of nitrogens with zero attached hydrogens (tertiary/aromatic N) is 2. The summed E-state index contributed by atoms with van der Waals surface area (Å²) in [5, 5.41) is 9.85. The Hall–Kier alpha value is -2.08. The van der Waals surface area contributed by atoms with E-state index in [1.807, 2.05) is 0 Å². The molecule has 6 nitrogen and oxygen atoms in total. The van der Waals surface area contributed by atoms with Crippen LogP contribution in [0.25, 0.3) is 0 Å². The fourth-order valence-electron chi connectivity index (χ4n) is 3.79. The van der Waals surface area contributed by atoms with Crippen molar-refractivity contribution >= 4 is 35.1 Å². The first-order valence-electron chi connectivity index (χ1n) is 8.50. The maximum atomic E-state index is 12.9. The van der Waals surface area contributed by atoms with Crippen molar-refractivity contribution in [3.8, 4) is 0 Å². The highest BCUT2D eigenvalue weighted by molar-refractivity contribution is 6.31. The van der Waals surface area contributed by atoms with E-state index in [-0.39, 0.29) is 11.8 Å². The van der Waals surface area contributed by atoms with Crippen molar-refractivity contribution in [3.05, 3.63) is 29.3 Å². The number of amides is 2. The van der Waals surface area contributed by atoms with Crippen molar-refractivity contribution in [3.63, 3.8) is 0 Å². The molecule has 0 radical (unpaired) electrons. The van der Waals surface area contributed by atoms with Crippen molar-refractivity contribution in [2.45, 2.75) is 32.2 Å². The molecule has 0 bridgehead atoms. The second-order valence-corrected chi connectivity index (χ2v) is 7.11. The quantitative estimate of drug-likeness (QED) is 0.835. The van der Waals surface area contributed by atoms with Crippen LogP contribution in [0.5, 0.6) is 0 Å². The van der Waals surface area contributed by atoms with E-state index in [9.17, 15) is 19.5 Å². The third-order valence-corrected chi connectivity index (χ3v) is 5.45. The Morgan fingerprint density at radius 3 is 2.68 bits per heavy atom. The second-order valence-electron chi connectivity index (χ2n) is 6.67. The van der Waals surface area contributed by atoms with E-state index < -0.39 is 23.8 Å². The lowest BCUT2D eigenvalue weighted by molar-refractivity contribution is -0.151. The number of likely N-dealkylation sites (tertiary alicyclic amines) is 1. The SMILES string of the molecule is C[C@@H]1[C@H](C(=O)O)CCCN1C(=O)C1CCN(c2cccc(Cl)c2)C1=O. The first kappa shape index (κ1) is 17.7. The molecule has 0 spiro atoms. The number of carboxylic acid groups (broad SMARTS) is 1. The van der Waals surface area contributed by atoms with E-state index in [0.717, 1.165) is 0 Å². The smallest absolute Gasteiger partial charge is 0.308 e. The van der Waals surface area contributed by atoms with Gasteiger partial charge in [0, 0.05) is 29.8 Å². The van der Waals surface area contributed by atoms with Crippen LogP contribution in [-0.4, -0.2) is 46.9 Å². The lowest BCUT2D eigenvalue weighted by atomic mass is 9.89. The number of rotatable bonds is 3. The summed E-state index contributed by atoms with van der Waals surface area (Å²) in [5.41, 5.74) is 0.683. The van der Waals surface area contributed by atoms with Crippen LogP contribution in [0.1, 0.15) is 26.2 Å². The molecule has 0 aromatic heterocycles. The minimum atomic E-state index is -0.886. The van der Waals surface area contributed by atoms with Crippen LogP contribution in [0, 0.1) is 11.8 Å². The van der Waals surface area contributed by atoms with Gasteiger partial charge >= 0.3 is 5.97 Å². The third-order valence-electron chi connectivity index (χ3n) is 5.21. The maximum absolute atomic E-state index is 12.9. The first-order chi connectivity index (χ1) is 11.9. The maximum Gasteiger partial charge on any atom is 0.308 e. The molecule has 2 fully saturated rings. The van der Waals surface area contributed by atoms with Crippen LogP contribution in [0.15, 0.2) is 24.3 Å². The molecule has 2 heterocycles. The minimum absolute atomic E-state index is 0.239. The number of benzene rings is 1. The number of piperidine rings is 1. The molecule has 1 aromatic carbocycles. The van der Waals surface area contributed by atoms with Gasteiger partial charge in [-0.25, -0.2) is 0 Å². The van der Waals surface area contributed by atoms with Gasteiger partial charge in [-0.2, -0.15) is 0 Å². The molecule has 2 aliphatic heterocycles. The van der Waals surface area contributed by atoms with Crippen molar-refractivity contribution in [2.24, 2.45) is 11.8 Å². The van der Waals surface area contributed by atoms with E-state index in [1.54, 1.807) is 41.0 Å². The fourth-order valence-corrected chi connectivity index (χ4v) is 3.98. The highest BCUT2D eigenvalue weighted by Gasteiger charge is 2.43. The number of halogens is 1. The Bertz CT molecular complexity index is 708. The zero-order valence-electron chi connectivity index (χ0n) is 14.0. The van der Waals surface area contributed by atoms with E-state index in [4.69, 9.17) is 11.6 Å². The molecule has 2 aliphatic rings. The number of hydrogen-bond acceptors (Lipinski definition) is 3. The molecule has 3 atom stereocenters. The van der Waals surface area contributed by atoms with Gasteiger partial charge in [-0.15, -0.1) is 0 Å². The van der Waals surface area contributed by atoms with Gasteiger partial charge in [-0.1, -0.05) is 17.7 Å². The summed E-state index contributed by atoms with van der Waals surface area (Å²) in [7, 11) is 0. The average Bonchev–Trinajstić information content (AvgIpc) is 2.95. The Kier molecular flexibility index (Phi) is 4.99. The zero-order valence-corrected chi connectivity index (χ0v) is 14.8. The molecule has 3 rings (SSSR count). The largest absolute Gasteiger partial charge is 0.481 e.